The molecule has 1 aliphatic carbocycles. The molecule has 1 aromatic carbocycles. The number of nitrogens with one attached hydrogen (secondary N) is 2. The maximum Gasteiger partial charge on any atom is 0.315 e. The van der Waals surface area contributed by atoms with Crippen molar-refractivity contribution in [3.63, 3.8) is 0 Å². The molecule has 2 fully saturated rings. The van der Waals surface area contributed by atoms with Crippen LogP contribution in [0.2, 0.25) is 0 Å². The minimum Gasteiger partial charge on any atom is -0.396 e. The Morgan fingerprint density at radius 2 is 2.04 bits per heavy atom. The number of ether oxygens (including phenoxy) is 1. The zero-order valence-corrected chi connectivity index (χ0v) is 14.9. The van der Waals surface area contributed by atoms with Crippen LogP contribution in [0.4, 0.5) is 4.79 Å². The Labute approximate surface area is 150 Å². The van der Waals surface area contributed by atoms with Crippen molar-refractivity contribution in [1.29, 1.82) is 0 Å². The molecule has 2 unspecified atom stereocenters. The quantitative estimate of drug-likeness (QED) is 0.740. The van der Waals surface area contributed by atoms with Crippen LogP contribution in [0.25, 0.3) is 0 Å². The minimum absolute atomic E-state index is 0.00587. The highest BCUT2D eigenvalue weighted by Gasteiger charge is 2.40. The fraction of sp³-hybridized carbons (Fsp3) is 0.650. The molecule has 1 heterocycles. The average molecular weight is 346 g/mol. The third-order valence-corrected chi connectivity index (χ3v) is 5.50. The second-order valence-corrected chi connectivity index (χ2v) is 7.38. The van der Waals surface area contributed by atoms with E-state index in [2.05, 4.69) is 10.6 Å². The van der Waals surface area contributed by atoms with Gasteiger partial charge in [-0.3, -0.25) is 0 Å². The second kappa shape index (κ2) is 8.68. The Morgan fingerprint density at radius 3 is 2.76 bits per heavy atom. The Bertz CT molecular complexity index is 543. The zero-order valence-electron chi connectivity index (χ0n) is 14.9. The number of aliphatic hydroxyl groups excluding tert-OH is 1. The van der Waals surface area contributed by atoms with Crippen LogP contribution in [0.1, 0.15) is 63.0 Å². The minimum atomic E-state index is -0.119. The molecule has 5 nitrogen and oxygen atoms in total. The van der Waals surface area contributed by atoms with Gasteiger partial charge in [0.05, 0.1) is 11.6 Å². The molecule has 138 valence electrons. The zero-order chi connectivity index (χ0) is 17.5. The third-order valence-electron chi connectivity index (χ3n) is 5.50. The molecule has 0 bridgehead atoms. The lowest BCUT2D eigenvalue weighted by atomic mass is 9.89. The van der Waals surface area contributed by atoms with E-state index >= 15 is 0 Å². The maximum atomic E-state index is 12.5. The second-order valence-electron chi connectivity index (χ2n) is 7.38. The molecular formula is C20H30N2O3. The van der Waals surface area contributed by atoms with Crippen LogP contribution < -0.4 is 10.6 Å². The van der Waals surface area contributed by atoms with Crippen LogP contribution in [0, 0.1) is 0 Å². The molecule has 2 amide bonds. The van der Waals surface area contributed by atoms with Gasteiger partial charge in [0, 0.05) is 19.3 Å². The molecule has 3 rings (SSSR count). The number of carbonyl (C=O) groups excluding carboxylic acids is 1. The SMILES string of the molecule is O=C(NC1CCOC2(CCCC2)C1)NC(CCCO)c1ccccc1. The van der Waals surface area contributed by atoms with Crippen molar-refractivity contribution in [2.45, 2.75) is 69.1 Å². The largest absolute Gasteiger partial charge is 0.396 e. The van der Waals surface area contributed by atoms with Crippen LogP contribution in [-0.4, -0.2) is 36.0 Å². The molecule has 5 heteroatoms. The Kier molecular flexibility index (Phi) is 6.32. The van der Waals surface area contributed by atoms with Crippen molar-refractivity contribution in [2.24, 2.45) is 0 Å². The number of carbonyl (C=O) groups is 1. The van der Waals surface area contributed by atoms with Crippen LogP contribution in [0.3, 0.4) is 0 Å². The van der Waals surface area contributed by atoms with Gasteiger partial charge in [-0.15, -0.1) is 0 Å². The van der Waals surface area contributed by atoms with Gasteiger partial charge in [-0.2, -0.15) is 0 Å². The summed E-state index contributed by atoms with van der Waals surface area (Å²) in [6.07, 6.45) is 7.90. The smallest absolute Gasteiger partial charge is 0.315 e. The molecule has 1 saturated heterocycles. The fourth-order valence-corrected chi connectivity index (χ4v) is 4.21. The van der Waals surface area contributed by atoms with Crippen molar-refractivity contribution >= 4 is 6.03 Å². The standard InChI is InChI=1S/C20H30N2O3/c23-13-6-9-18(16-7-2-1-3-8-16)22-19(24)21-17-10-14-25-20(15-17)11-4-5-12-20/h1-3,7-8,17-18,23H,4-6,9-15H2,(H2,21,22,24). The van der Waals surface area contributed by atoms with Gasteiger partial charge in [0.1, 0.15) is 0 Å². The maximum absolute atomic E-state index is 12.5. The summed E-state index contributed by atoms with van der Waals surface area (Å²) in [4.78, 5) is 12.5. The van der Waals surface area contributed by atoms with Gasteiger partial charge in [-0.1, -0.05) is 43.2 Å². The van der Waals surface area contributed by atoms with Crippen LogP contribution in [0.15, 0.2) is 30.3 Å². The van der Waals surface area contributed by atoms with Crippen LogP contribution >= 0.6 is 0 Å². The molecular weight excluding hydrogens is 316 g/mol. The number of hydrogen-bond donors (Lipinski definition) is 3. The first-order chi connectivity index (χ1) is 12.2. The van der Waals surface area contributed by atoms with Crippen molar-refractivity contribution in [1.82, 2.24) is 10.6 Å². The molecule has 1 aromatic rings. The molecule has 0 radical (unpaired) electrons. The summed E-state index contributed by atoms with van der Waals surface area (Å²) in [7, 11) is 0. The Balaban J connectivity index is 1.55. The molecule has 3 N–H and O–H groups in total. The summed E-state index contributed by atoms with van der Waals surface area (Å²) >= 11 is 0. The first kappa shape index (κ1) is 18.2. The van der Waals surface area contributed by atoms with Gasteiger partial charge >= 0.3 is 6.03 Å². The predicted molar refractivity (Wildman–Crippen MR) is 97.3 cm³/mol. The van der Waals surface area contributed by atoms with E-state index in [4.69, 9.17) is 9.84 Å². The number of rotatable bonds is 6. The number of aliphatic hydroxyl groups is 1. The summed E-state index contributed by atoms with van der Waals surface area (Å²) in [6.45, 7) is 0.868. The van der Waals surface area contributed by atoms with Crippen molar-refractivity contribution in [3.05, 3.63) is 35.9 Å². The van der Waals surface area contributed by atoms with Gasteiger partial charge < -0.3 is 20.5 Å². The number of urea groups is 1. The topological polar surface area (TPSA) is 70.6 Å². The summed E-state index contributed by atoms with van der Waals surface area (Å²) in [6, 6.07) is 9.94. The third kappa shape index (κ3) is 4.95. The van der Waals surface area contributed by atoms with E-state index in [0.29, 0.717) is 6.42 Å². The molecule has 0 aromatic heterocycles. The van der Waals surface area contributed by atoms with E-state index in [1.165, 1.54) is 12.8 Å². The highest BCUT2D eigenvalue weighted by Crippen LogP contribution is 2.39. The van der Waals surface area contributed by atoms with Crippen molar-refractivity contribution in [3.8, 4) is 0 Å². The lowest BCUT2D eigenvalue weighted by Crippen LogP contribution is -2.50. The summed E-state index contributed by atoms with van der Waals surface area (Å²) in [5.41, 5.74) is 1.08. The lowest BCUT2D eigenvalue weighted by molar-refractivity contribution is -0.0820. The van der Waals surface area contributed by atoms with Crippen LogP contribution in [-0.2, 0) is 4.74 Å². The van der Waals surface area contributed by atoms with E-state index in [1.807, 2.05) is 30.3 Å². The number of amides is 2. The van der Waals surface area contributed by atoms with E-state index in [1.54, 1.807) is 0 Å². The van der Waals surface area contributed by atoms with E-state index in [9.17, 15) is 4.79 Å². The molecule has 2 aliphatic rings. The van der Waals surface area contributed by atoms with Gasteiger partial charge in [0.25, 0.3) is 0 Å². The highest BCUT2D eigenvalue weighted by molar-refractivity contribution is 5.74. The predicted octanol–water partition coefficient (Wildman–Crippen LogP) is 3.29. The van der Waals surface area contributed by atoms with Crippen LogP contribution in [0.5, 0.6) is 0 Å². The first-order valence-electron chi connectivity index (χ1n) is 9.58. The normalized spacial score (nSPS) is 23.3. The molecule has 1 spiro atoms. The summed E-state index contributed by atoms with van der Waals surface area (Å²) in [5, 5.41) is 15.4. The van der Waals surface area contributed by atoms with Gasteiger partial charge in [0.15, 0.2) is 0 Å². The number of benzene rings is 1. The van der Waals surface area contributed by atoms with Gasteiger partial charge in [0.2, 0.25) is 0 Å². The molecule has 1 saturated carbocycles. The Hall–Kier alpha value is -1.59. The Morgan fingerprint density at radius 1 is 1.28 bits per heavy atom. The molecule has 1 aliphatic heterocycles. The average Bonchev–Trinajstić information content (AvgIpc) is 3.07. The van der Waals surface area contributed by atoms with Crippen molar-refractivity contribution < 1.29 is 14.6 Å². The summed E-state index contributed by atoms with van der Waals surface area (Å²) in [5.74, 6) is 0. The van der Waals surface area contributed by atoms with E-state index in [-0.39, 0.29) is 30.3 Å². The lowest BCUT2D eigenvalue weighted by Gasteiger charge is -2.38. The highest BCUT2D eigenvalue weighted by atomic mass is 16.5. The fourth-order valence-electron chi connectivity index (χ4n) is 4.21. The van der Waals surface area contributed by atoms with Crippen molar-refractivity contribution in [2.75, 3.05) is 13.2 Å². The van der Waals surface area contributed by atoms with Gasteiger partial charge in [-0.25, -0.2) is 4.79 Å². The molecule has 2 atom stereocenters. The van der Waals surface area contributed by atoms with E-state index < -0.39 is 0 Å². The number of hydrogen-bond acceptors (Lipinski definition) is 3. The summed E-state index contributed by atoms with van der Waals surface area (Å²) < 4.78 is 6.04. The first-order valence-corrected chi connectivity index (χ1v) is 9.58. The van der Waals surface area contributed by atoms with Gasteiger partial charge in [-0.05, 0) is 44.1 Å². The monoisotopic (exact) mass is 346 g/mol. The van der Waals surface area contributed by atoms with E-state index in [0.717, 1.165) is 44.3 Å². The molecule has 25 heavy (non-hydrogen) atoms.